The topological polar surface area (TPSA) is 12.5 Å². The first-order valence-corrected chi connectivity index (χ1v) is 7.05. The van der Waals surface area contributed by atoms with Crippen molar-refractivity contribution >= 4 is 0 Å². The van der Waals surface area contributed by atoms with Gasteiger partial charge in [-0.3, -0.25) is 4.90 Å². The molecule has 0 amide bonds. The normalized spacial score (nSPS) is 25.1. The van der Waals surface area contributed by atoms with Gasteiger partial charge in [0.25, 0.3) is 0 Å². The van der Waals surface area contributed by atoms with Crippen LogP contribution in [-0.2, 0) is 0 Å². The van der Waals surface area contributed by atoms with Gasteiger partial charge in [-0.2, -0.15) is 0 Å². The second-order valence-electron chi connectivity index (χ2n) is 5.87. The fourth-order valence-corrected chi connectivity index (χ4v) is 2.97. The number of piperidine rings is 1. The molecule has 1 aliphatic heterocycles. The van der Waals surface area contributed by atoms with Crippen LogP contribution in [0.4, 0.5) is 0 Å². The van der Waals surface area contributed by atoms with Crippen molar-refractivity contribution in [1.29, 1.82) is 0 Å². The molecular formula is C16H25NO. The number of hydrogen-bond donors (Lipinski definition) is 0. The molecule has 1 aliphatic rings. The average Bonchev–Trinajstić information content (AvgIpc) is 2.27. The van der Waals surface area contributed by atoms with Crippen LogP contribution in [0, 0.1) is 18.8 Å². The summed E-state index contributed by atoms with van der Waals surface area (Å²) in [5.41, 5.74) is 1.26. The minimum Gasteiger partial charge on any atom is -0.492 e. The van der Waals surface area contributed by atoms with E-state index in [0.717, 1.165) is 30.7 Å². The fourth-order valence-electron chi connectivity index (χ4n) is 2.97. The van der Waals surface area contributed by atoms with Crippen molar-refractivity contribution in [2.75, 3.05) is 26.2 Å². The predicted octanol–water partition coefficient (Wildman–Crippen LogP) is 3.35. The quantitative estimate of drug-likeness (QED) is 0.809. The molecular weight excluding hydrogens is 222 g/mol. The van der Waals surface area contributed by atoms with Crippen molar-refractivity contribution in [3.63, 3.8) is 0 Å². The molecule has 1 fully saturated rings. The van der Waals surface area contributed by atoms with Gasteiger partial charge in [-0.25, -0.2) is 0 Å². The molecule has 1 aromatic rings. The molecule has 1 saturated heterocycles. The molecule has 2 rings (SSSR count). The largest absolute Gasteiger partial charge is 0.492 e. The van der Waals surface area contributed by atoms with Gasteiger partial charge in [-0.15, -0.1) is 0 Å². The summed E-state index contributed by atoms with van der Waals surface area (Å²) in [5, 5.41) is 0. The lowest BCUT2D eigenvalue weighted by atomic mass is 9.92. The minimum atomic E-state index is 0.795. The molecule has 0 spiro atoms. The van der Waals surface area contributed by atoms with Gasteiger partial charge in [0.1, 0.15) is 12.4 Å². The summed E-state index contributed by atoms with van der Waals surface area (Å²) in [5.74, 6) is 2.65. The zero-order valence-corrected chi connectivity index (χ0v) is 11.9. The number of nitrogens with zero attached hydrogens (tertiary/aromatic N) is 1. The molecule has 2 heteroatoms. The summed E-state index contributed by atoms with van der Waals surface area (Å²) in [6, 6.07) is 8.28. The molecule has 0 radical (unpaired) electrons. The van der Waals surface area contributed by atoms with Crippen molar-refractivity contribution in [2.24, 2.45) is 11.8 Å². The lowest BCUT2D eigenvalue weighted by Gasteiger charge is -2.34. The Morgan fingerprint density at radius 3 is 2.61 bits per heavy atom. The van der Waals surface area contributed by atoms with Crippen molar-refractivity contribution in [1.82, 2.24) is 4.90 Å². The van der Waals surface area contributed by atoms with E-state index in [9.17, 15) is 0 Å². The van der Waals surface area contributed by atoms with E-state index in [1.54, 1.807) is 0 Å². The Hall–Kier alpha value is -1.02. The SMILES string of the molecule is Cc1cccc(OCCN2C[C@H](C)C[C@@H](C)C2)c1. The van der Waals surface area contributed by atoms with E-state index in [2.05, 4.69) is 43.9 Å². The third kappa shape index (κ3) is 4.02. The monoisotopic (exact) mass is 247 g/mol. The van der Waals surface area contributed by atoms with E-state index in [-0.39, 0.29) is 0 Å². The fraction of sp³-hybridized carbons (Fsp3) is 0.625. The Morgan fingerprint density at radius 1 is 1.22 bits per heavy atom. The molecule has 100 valence electrons. The number of aryl methyl sites for hydroxylation is 1. The highest BCUT2D eigenvalue weighted by atomic mass is 16.5. The Morgan fingerprint density at radius 2 is 1.94 bits per heavy atom. The van der Waals surface area contributed by atoms with E-state index < -0.39 is 0 Å². The van der Waals surface area contributed by atoms with Crippen LogP contribution in [0.15, 0.2) is 24.3 Å². The van der Waals surface area contributed by atoms with Crippen LogP contribution in [0.1, 0.15) is 25.8 Å². The standard InChI is InChI=1S/C16H25NO/c1-13-5-4-6-16(10-13)18-8-7-17-11-14(2)9-15(3)12-17/h4-6,10,14-15H,7-9,11-12H2,1-3H3/t14-,15-/m1/s1. The lowest BCUT2D eigenvalue weighted by Crippen LogP contribution is -2.40. The number of hydrogen-bond acceptors (Lipinski definition) is 2. The van der Waals surface area contributed by atoms with Crippen molar-refractivity contribution in [3.05, 3.63) is 29.8 Å². The van der Waals surface area contributed by atoms with Crippen LogP contribution >= 0.6 is 0 Å². The first-order valence-electron chi connectivity index (χ1n) is 7.05. The molecule has 1 heterocycles. The van der Waals surface area contributed by atoms with Crippen LogP contribution in [0.5, 0.6) is 5.75 Å². The summed E-state index contributed by atoms with van der Waals surface area (Å²) >= 11 is 0. The number of rotatable bonds is 4. The maximum Gasteiger partial charge on any atom is 0.119 e. The van der Waals surface area contributed by atoms with Gasteiger partial charge in [0.15, 0.2) is 0 Å². The molecule has 0 unspecified atom stereocenters. The summed E-state index contributed by atoms with van der Waals surface area (Å²) in [6.45, 7) is 11.1. The molecule has 2 atom stereocenters. The molecule has 18 heavy (non-hydrogen) atoms. The van der Waals surface area contributed by atoms with Gasteiger partial charge in [0.2, 0.25) is 0 Å². The summed E-state index contributed by atoms with van der Waals surface area (Å²) in [6.07, 6.45) is 1.37. The molecule has 0 aromatic heterocycles. The summed E-state index contributed by atoms with van der Waals surface area (Å²) in [4.78, 5) is 2.54. The molecule has 0 bridgehead atoms. The van der Waals surface area contributed by atoms with Gasteiger partial charge < -0.3 is 4.74 Å². The van der Waals surface area contributed by atoms with E-state index in [0.29, 0.717) is 0 Å². The van der Waals surface area contributed by atoms with Crippen LogP contribution in [0.25, 0.3) is 0 Å². The van der Waals surface area contributed by atoms with Gasteiger partial charge >= 0.3 is 0 Å². The van der Waals surface area contributed by atoms with Crippen molar-refractivity contribution in [3.8, 4) is 5.75 Å². The third-order valence-electron chi connectivity index (χ3n) is 3.61. The van der Waals surface area contributed by atoms with Gasteiger partial charge in [0.05, 0.1) is 0 Å². The average molecular weight is 247 g/mol. The zero-order valence-electron chi connectivity index (χ0n) is 11.9. The Balaban J connectivity index is 1.75. The van der Waals surface area contributed by atoms with E-state index in [1.165, 1.54) is 25.1 Å². The van der Waals surface area contributed by atoms with Crippen LogP contribution in [0.3, 0.4) is 0 Å². The summed E-state index contributed by atoms with van der Waals surface area (Å²) < 4.78 is 5.82. The molecule has 0 saturated carbocycles. The second-order valence-corrected chi connectivity index (χ2v) is 5.87. The van der Waals surface area contributed by atoms with Crippen LogP contribution in [-0.4, -0.2) is 31.1 Å². The lowest BCUT2D eigenvalue weighted by molar-refractivity contribution is 0.120. The predicted molar refractivity (Wildman–Crippen MR) is 76.1 cm³/mol. The second kappa shape index (κ2) is 6.24. The van der Waals surface area contributed by atoms with Crippen LogP contribution < -0.4 is 4.74 Å². The highest BCUT2D eigenvalue weighted by Gasteiger charge is 2.21. The highest BCUT2D eigenvalue weighted by molar-refractivity contribution is 5.27. The first kappa shape index (κ1) is 13.4. The Labute approximate surface area is 111 Å². The maximum atomic E-state index is 5.82. The Bertz CT molecular complexity index is 367. The number of benzene rings is 1. The van der Waals surface area contributed by atoms with Gasteiger partial charge in [0, 0.05) is 19.6 Å². The number of likely N-dealkylation sites (tertiary alicyclic amines) is 1. The van der Waals surface area contributed by atoms with E-state index in [1.807, 2.05) is 6.07 Å². The molecule has 1 aromatic carbocycles. The molecule has 0 N–H and O–H groups in total. The highest BCUT2D eigenvalue weighted by Crippen LogP contribution is 2.20. The van der Waals surface area contributed by atoms with Crippen LogP contribution in [0.2, 0.25) is 0 Å². The number of ether oxygens (including phenoxy) is 1. The maximum absolute atomic E-state index is 5.82. The van der Waals surface area contributed by atoms with Gasteiger partial charge in [-0.05, 0) is 42.9 Å². The minimum absolute atomic E-state index is 0.795. The third-order valence-corrected chi connectivity index (χ3v) is 3.61. The zero-order chi connectivity index (χ0) is 13.0. The smallest absolute Gasteiger partial charge is 0.119 e. The first-order chi connectivity index (χ1) is 8.63. The van der Waals surface area contributed by atoms with E-state index in [4.69, 9.17) is 4.74 Å². The van der Waals surface area contributed by atoms with Crippen molar-refractivity contribution in [2.45, 2.75) is 27.2 Å². The molecule has 2 nitrogen and oxygen atoms in total. The van der Waals surface area contributed by atoms with Crippen molar-refractivity contribution < 1.29 is 4.74 Å². The summed E-state index contributed by atoms with van der Waals surface area (Å²) in [7, 11) is 0. The van der Waals surface area contributed by atoms with E-state index >= 15 is 0 Å². The Kier molecular flexibility index (Phi) is 4.65. The molecule has 0 aliphatic carbocycles. The van der Waals surface area contributed by atoms with Gasteiger partial charge in [-0.1, -0.05) is 26.0 Å².